The molecule has 3 aromatic carbocycles. The maximum Gasteiger partial charge on any atom is 0.273 e. The summed E-state index contributed by atoms with van der Waals surface area (Å²) in [6, 6.07) is 20.0. The van der Waals surface area contributed by atoms with Crippen LogP contribution in [0.25, 0.3) is 22.7 Å². The normalized spacial score (nSPS) is 11.7. The Morgan fingerprint density at radius 2 is 1.83 bits per heavy atom. The van der Waals surface area contributed by atoms with E-state index in [0.29, 0.717) is 40.6 Å². The molecule has 4 rings (SSSR count). The van der Waals surface area contributed by atoms with Crippen LogP contribution in [-0.2, 0) is 4.79 Å². The van der Waals surface area contributed by atoms with E-state index in [1.54, 1.807) is 24.3 Å². The molecule has 1 heterocycles. The largest absolute Gasteiger partial charge is 0.507 e. The van der Waals surface area contributed by atoms with Crippen molar-refractivity contribution in [3.8, 4) is 28.5 Å². The molecule has 0 spiro atoms. The number of aromatic hydroxyl groups is 1. The standard InChI is InChI=1S/C26H22ClN3O5/c1-2-6-21(20-14-13-19(30(33)34)15-22(20)31)24(32)29-26-23(16-9-11-18(27)12-10-16)28-25(35-26)17-7-4-3-5-8-17/h3-5,7-15,21,31H,2,6H2,1H3,(H,29,32). The van der Waals surface area contributed by atoms with Crippen LogP contribution in [0.2, 0.25) is 5.02 Å². The zero-order valence-electron chi connectivity index (χ0n) is 18.8. The number of hydrogen-bond acceptors (Lipinski definition) is 6. The Hall–Kier alpha value is -4.17. The molecule has 0 aliphatic heterocycles. The molecule has 9 heteroatoms. The molecule has 8 nitrogen and oxygen atoms in total. The molecule has 0 fully saturated rings. The summed E-state index contributed by atoms with van der Waals surface area (Å²) in [7, 11) is 0. The molecule has 0 saturated heterocycles. The van der Waals surface area contributed by atoms with Crippen molar-refractivity contribution in [2.75, 3.05) is 5.32 Å². The minimum Gasteiger partial charge on any atom is -0.507 e. The Labute approximate surface area is 206 Å². The molecule has 1 aromatic heterocycles. The molecule has 0 bridgehead atoms. The number of halogens is 1. The summed E-state index contributed by atoms with van der Waals surface area (Å²) >= 11 is 6.03. The molecular weight excluding hydrogens is 470 g/mol. The monoisotopic (exact) mass is 491 g/mol. The highest BCUT2D eigenvalue weighted by Gasteiger charge is 2.27. The van der Waals surface area contributed by atoms with Crippen LogP contribution in [0.5, 0.6) is 5.75 Å². The van der Waals surface area contributed by atoms with Gasteiger partial charge in [-0.25, -0.2) is 4.98 Å². The van der Waals surface area contributed by atoms with Gasteiger partial charge in [0, 0.05) is 27.8 Å². The number of phenols is 1. The molecule has 1 unspecified atom stereocenters. The van der Waals surface area contributed by atoms with Gasteiger partial charge < -0.3 is 9.52 Å². The van der Waals surface area contributed by atoms with Crippen molar-refractivity contribution in [2.45, 2.75) is 25.7 Å². The highest BCUT2D eigenvalue weighted by Crippen LogP contribution is 2.36. The predicted octanol–water partition coefficient (Wildman–Crippen LogP) is 6.80. The van der Waals surface area contributed by atoms with E-state index in [-0.39, 0.29) is 17.3 Å². The van der Waals surface area contributed by atoms with Crippen molar-refractivity contribution in [1.82, 2.24) is 4.98 Å². The van der Waals surface area contributed by atoms with E-state index in [1.165, 1.54) is 12.1 Å². The van der Waals surface area contributed by atoms with Gasteiger partial charge in [-0.1, -0.05) is 55.3 Å². The van der Waals surface area contributed by atoms with Gasteiger partial charge in [-0.3, -0.25) is 20.2 Å². The summed E-state index contributed by atoms with van der Waals surface area (Å²) in [6.07, 6.45) is 1.05. The van der Waals surface area contributed by atoms with Crippen molar-refractivity contribution >= 4 is 29.1 Å². The lowest BCUT2D eigenvalue weighted by Gasteiger charge is -2.17. The fraction of sp³-hybridized carbons (Fsp3) is 0.154. The Kier molecular flexibility index (Phi) is 7.12. The fourth-order valence-corrected chi connectivity index (χ4v) is 3.89. The van der Waals surface area contributed by atoms with Gasteiger partial charge in [0.05, 0.1) is 16.9 Å². The lowest BCUT2D eigenvalue weighted by atomic mass is 9.92. The maximum atomic E-state index is 13.4. The van der Waals surface area contributed by atoms with Gasteiger partial charge in [0.25, 0.3) is 5.69 Å². The van der Waals surface area contributed by atoms with E-state index < -0.39 is 16.7 Å². The number of non-ortho nitro benzene ring substituents is 1. The first-order valence-corrected chi connectivity index (χ1v) is 11.4. The van der Waals surface area contributed by atoms with Gasteiger partial charge in [0.15, 0.2) is 0 Å². The van der Waals surface area contributed by atoms with Crippen LogP contribution in [0.3, 0.4) is 0 Å². The molecule has 0 aliphatic rings. The SMILES string of the molecule is CCCC(C(=O)Nc1oc(-c2ccccc2)nc1-c1ccc(Cl)cc1)c1ccc([N+](=O)[O-])cc1O. The van der Waals surface area contributed by atoms with Gasteiger partial charge in [-0.05, 0) is 36.8 Å². The first-order valence-electron chi connectivity index (χ1n) is 11.0. The Bertz CT molecular complexity index is 1350. The number of amides is 1. The number of anilines is 1. The molecule has 0 radical (unpaired) electrons. The molecule has 1 amide bonds. The molecule has 0 aliphatic carbocycles. The topological polar surface area (TPSA) is 119 Å². The minimum atomic E-state index is -0.760. The van der Waals surface area contributed by atoms with Crippen LogP contribution >= 0.6 is 11.6 Å². The summed E-state index contributed by atoms with van der Waals surface area (Å²) in [4.78, 5) is 28.4. The highest BCUT2D eigenvalue weighted by atomic mass is 35.5. The van der Waals surface area contributed by atoms with Crippen LogP contribution in [-0.4, -0.2) is 20.9 Å². The maximum absolute atomic E-state index is 13.4. The smallest absolute Gasteiger partial charge is 0.273 e. The zero-order valence-corrected chi connectivity index (χ0v) is 19.5. The number of benzene rings is 3. The summed E-state index contributed by atoms with van der Waals surface area (Å²) in [5.74, 6) is -1.02. The van der Waals surface area contributed by atoms with Crippen LogP contribution in [0.1, 0.15) is 31.2 Å². The fourth-order valence-electron chi connectivity index (χ4n) is 3.77. The second-order valence-electron chi connectivity index (χ2n) is 7.90. The Morgan fingerprint density at radius 3 is 2.46 bits per heavy atom. The second kappa shape index (κ2) is 10.4. The number of aromatic nitrogens is 1. The average molecular weight is 492 g/mol. The number of phenolic OH excluding ortho intramolecular Hbond substituents is 1. The number of carbonyl (C=O) groups excluding carboxylic acids is 1. The van der Waals surface area contributed by atoms with Crippen LogP contribution in [0.15, 0.2) is 77.2 Å². The summed E-state index contributed by atoms with van der Waals surface area (Å²) < 4.78 is 5.97. The number of carbonyl (C=O) groups is 1. The number of rotatable bonds is 8. The third-order valence-corrected chi connectivity index (χ3v) is 5.75. The van der Waals surface area contributed by atoms with E-state index in [9.17, 15) is 20.0 Å². The van der Waals surface area contributed by atoms with E-state index in [2.05, 4.69) is 10.3 Å². The second-order valence-corrected chi connectivity index (χ2v) is 8.34. The number of nitrogens with zero attached hydrogens (tertiary/aromatic N) is 2. The number of nitrogens with one attached hydrogen (secondary N) is 1. The van der Waals surface area contributed by atoms with Gasteiger partial charge in [-0.15, -0.1) is 0 Å². The number of nitro groups is 1. The van der Waals surface area contributed by atoms with Gasteiger partial charge in [-0.2, -0.15) is 0 Å². The van der Waals surface area contributed by atoms with E-state index in [1.807, 2.05) is 37.3 Å². The van der Waals surface area contributed by atoms with Crippen LogP contribution in [0.4, 0.5) is 11.6 Å². The highest BCUT2D eigenvalue weighted by molar-refractivity contribution is 6.30. The third-order valence-electron chi connectivity index (χ3n) is 5.50. The molecule has 1 atom stereocenters. The van der Waals surface area contributed by atoms with Crippen molar-refractivity contribution < 1.29 is 19.2 Å². The molecule has 178 valence electrons. The van der Waals surface area contributed by atoms with E-state index in [4.69, 9.17) is 16.0 Å². The Balaban J connectivity index is 1.71. The van der Waals surface area contributed by atoms with Crippen molar-refractivity contribution in [1.29, 1.82) is 0 Å². The third kappa shape index (κ3) is 5.33. The summed E-state index contributed by atoms with van der Waals surface area (Å²) in [6.45, 7) is 1.91. The Morgan fingerprint density at radius 1 is 1.11 bits per heavy atom. The predicted molar refractivity (Wildman–Crippen MR) is 133 cm³/mol. The van der Waals surface area contributed by atoms with E-state index >= 15 is 0 Å². The minimum absolute atomic E-state index is 0.152. The van der Waals surface area contributed by atoms with Crippen molar-refractivity contribution in [3.63, 3.8) is 0 Å². The number of oxazole rings is 1. The first kappa shape index (κ1) is 24.0. The summed E-state index contributed by atoms with van der Waals surface area (Å²) in [5, 5.41) is 24.8. The van der Waals surface area contributed by atoms with Crippen molar-refractivity contribution in [3.05, 3.63) is 93.5 Å². The van der Waals surface area contributed by atoms with Gasteiger partial charge >= 0.3 is 0 Å². The summed E-state index contributed by atoms with van der Waals surface area (Å²) in [5.41, 5.74) is 1.90. The lowest BCUT2D eigenvalue weighted by Crippen LogP contribution is -2.21. The number of nitro benzene ring substituents is 1. The lowest BCUT2D eigenvalue weighted by molar-refractivity contribution is -0.384. The van der Waals surface area contributed by atoms with Gasteiger partial charge in [0.2, 0.25) is 17.7 Å². The first-order chi connectivity index (χ1) is 16.9. The number of hydrogen-bond donors (Lipinski definition) is 2. The molecule has 4 aromatic rings. The molecular formula is C26H22ClN3O5. The molecule has 2 N–H and O–H groups in total. The zero-order chi connectivity index (χ0) is 24.9. The van der Waals surface area contributed by atoms with E-state index in [0.717, 1.165) is 11.6 Å². The molecule has 0 saturated carbocycles. The van der Waals surface area contributed by atoms with Gasteiger partial charge in [0.1, 0.15) is 11.4 Å². The quantitative estimate of drug-likeness (QED) is 0.207. The van der Waals surface area contributed by atoms with Crippen LogP contribution < -0.4 is 5.32 Å². The van der Waals surface area contributed by atoms with Crippen LogP contribution in [0, 0.1) is 10.1 Å². The average Bonchev–Trinajstić information content (AvgIpc) is 3.27. The molecule has 35 heavy (non-hydrogen) atoms. The van der Waals surface area contributed by atoms with Crippen molar-refractivity contribution in [2.24, 2.45) is 0 Å².